The molecule has 1 rings (SSSR count). The number of amides is 3. The van der Waals surface area contributed by atoms with Crippen LogP contribution in [0.5, 0.6) is 0 Å². The Morgan fingerprint density at radius 2 is 1.56 bits per heavy atom. The molecule has 0 unspecified atom stereocenters. The second-order valence-corrected chi connectivity index (χ2v) is 4.21. The normalized spacial score (nSPS) is 16.2. The van der Waals surface area contributed by atoms with Crippen LogP contribution in [0, 0.1) is 0 Å². The summed E-state index contributed by atoms with van der Waals surface area (Å²) in [7, 11) is 0. The van der Waals surface area contributed by atoms with Crippen LogP contribution in [0.1, 0.15) is 0 Å². The second kappa shape index (κ2) is 6.92. The standard InChI is InChI=1S/C10H19N5O3/c11-8(16)5-15(6-9(12)17)10(18)7-14-3-1-13-2-4-14/h13H,1-7H2,(H2,11,16)(H2,12,17). The summed E-state index contributed by atoms with van der Waals surface area (Å²) in [4.78, 5) is 36.7. The summed E-state index contributed by atoms with van der Waals surface area (Å²) in [6.07, 6.45) is 0. The van der Waals surface area contributed by atoms with Crippen LogP contribution in [0.25, 0.3) is 0 Å². The third kappa shape index (κ3) is 5.11. The molecule has 3 amide bonds. The van der Waals surface area contributed by atoms with Crippen molar-refractivity contribution >= 4 is 17.7 Å². The molecule has 0 aromatic carbocycles. The van der Waals surface area contributed by atoms with E-state index in [0.717, 1.165) is 31.1 Å². The van der Waals surface area contributed by atoms with Gasteiger partial charge in [0.15, 0.2) is 0 Å². The van der Waals surface area contributed by atoms with Crippen LogP contribution in [-0.4, -0.2) is 73.3 Å². The minimum Gasteiger partial charge on any atom is -0.368 e. The molecule has 8 heteroatoms. The van der Waals surface area contributed by atoms with Crippen LogP contribution in [0.3, 0.4) is 0 Å². The topological polar surface area (TPSA) is 122 Å². The molecule has 0 spiro atoms. The van der Waals surface area contributed by atoms with E-state index in [1.54, 1.807) is 0 Å². The van der Waals surface area contributed by atoms with Gasteiger partial charge in [-0.15, -0.1) is 0 Å². The summed E-state index contributed by atoms with van der Waals surface area (Å²) in [5, 5.41) is 3.17. The average Bonchev–Trinajstić information content (AvgIpc) is 2.28. The molecule has 18 heavy (non-hydrogen) atoms. The van der Waals surface area contributed by atoms with Crippen LogP contribution in [-0.2, 0) is 14.4 Å². The van der Waals surface area contributed by atoms with Gasteiger partial charge < -0.3 is 21.7 Å². The van der Waals surface area contributed by atoms with Crippen molar-refractivity contribution in [2.45, 2.75) is 0 Å². The van der Waals surface area contributed by atoms with E-state index in [9.17, 15) is 14.4 Å². The fourth-order valence-electron chi connectivity index (χ4n) is 1.77. The molecular formula is C10H19N5O3. The Bertz CT molecular complexity index is 311. The third-order valence-electron chi connectivity index (χ3n) is 2.61. The van der Waals surface area contributed by atoms with E-state index in [-0.39, 0.29) is 25.5 Å². The van der Waals surface area contributed by atoms with E-state index in [4.69, 9.17) is 11.5 Å². The van der Waals surface area contributed by atoms with Gasteiger partial charge in [-0.2, -0.15) is 0 Å². The Balaban J connectivity index is 2.51. The van der Waals surface area contributed by atoms with E-state index >= 15 is 0 Å². The van der Waals surface area contributed by atoms with Gasteiger partial charge in [0.1, 0.15) is 0 Å². The maximum absolute atomic E-state index is 11.9. The number of carbonyl (C=O) groups excluding carboxylic acids is 3. The van der Waals surface area contributed by atoms with Gasteiger partial charge in [0.2, 0.25) is 17.7 Å². The Hall–Kier alpha value is -1.67. The molecular weight excluding hydrogens is 238 g/mol. The highest BCUT2D eigenvalue weighted by Crippen LogP contribution is 1.96. The average molecular weight is 257 g/mol. The van der Waals surface area contributed by atoms with E-state index in [1.807, 2.05) is 4.90 Å². The molecule has 1 saturated heterocycles. The number of nitrogens with one attached hydrogen (secondary N) is 1. The van der Waals surface area contributed by atoms with Gasteiger partial charge in [-0.05, 0) is 0 Å². The number of hydrogen-bond acceptors (Lipinski definition) is 5. The summed E-state index contributed by atoms with van der Waals surface area (Å²) in [6, 6.07) is 0. The van der Waals surface area contributed by atoms with Crippen molar-refractivity contribution in [3.63, 3.8) is 0 Å². The molecule has 0 atom stereocenters. The van der Waals surface area contributed by atoms with E-state index in [0.29, 0.717) is 0 Å². The van der Waals surface area contributed by atoms with Gasteiger partial charge >= 0.3 is 0 Å². The monoisotopic (exact) mass is 257 g/mol. The molecule has 1 aliphatic rings. The Morgan fingerprint density at radius 1 is 1.06 bits per heavy atom. The number of piperazine rings is 1. The van der Waals surface area contributed by atoms with Crippen molar-refractivity contribution in [3.8, 4) is 0 Å². The first-order chi connectivity index (χ1) is 8.49. The first-order valence-corrected chi connectivity index (χ1v) is 5.76. The summed E-state index contributed by atoms with van der Waals surface area (Å²) in [5.74, 6) is -1.63. The van der Waals surface area contributed by atoms with Gasteiger partial charge in [-0.1, -0.05) is 0 Å². The highest BCUT2D eigenvalue weighted by molar-refractivity contribution is 5.88. The maximum atomic E-state index is 11.9. The van der Waals surface area contributed by atoms with Crippen LogP contribution >= 0.6 is 0 Å². The van der Waals surface area contributed by atoms with Crippen molar-refractivity contribution in [3.05, 3.63) is 0 Å². The lowest BCUT2D eigenvalue weighted by atomic mass is 10.3. The fourth-order valence-corrected chi connectivity index (χ4v) is 1.77. The van der Waals surface area contributed by atoms with Crippen LogP contribution in [0.4, 0.5) is 0 Å². The van der Waals surface area contributed by atoms with Crippen LogP contribution in [0.15, 0.2) is 0 Å². The molecule has 0 saturated carbocycles. The Labute approximate surface area is 105 Å². The minimum absolute atomic E-state index is 0.169. The van der Waals surface area contributed by atoms with Gasteiger partial charge in [-0.3, -0.25) is 19.3 Å². The second-order valence-electron chi connectivity index (χ2n) is 4.21. The fraction of sp³-hybridized carbons (Fsp3) is 0.700. The molecule has 1 heterocycles. The lowest BCUT2D eigenvalue weighted by Gasteiger charge is -2.29. The SMILES string of the molecule is NC(=O)CN(CC(N)=O)C(=O)CN1CCNCC1. The lowest BCUT2D eigenvalue weighted by molar-refractivity contribution is -0.139. The molecule has 5 N–H and O–H groups in total. The molecule has 102 valence electrons. The lowest BCUT2D eigenvalue weighted by Crippen LogP contribution is -2.51. The summed E-state index contributed by atoms with van der Waals surface area (Å²) in [6.45, 7) is 2.75. The summed E-state index contributed by atoms with van der Waals surface area (Å²) >= 11 is 0. The van der Waals surface area contributed by atoms with Crippen molar-refractivity contribution in [2.24, 2.45) is 11.5 Å². The molecule has 0 radical (unpaired) electrons. The van der Waals surface area contributed by atoms with Gasteiger partial charge in [-0.25, -0.2) is 0 Å². The third-order valence-corrected chi connectivity index (χ3v) is 2.61. The Morgan fingerprint density at radius 3 is 2.00 bits per heavy atom. The molecule has 1 fully saturated rings. The van der Waals surface area contributed by atoms with Gasteiger partial charge in [0.25, 0.3) is 0 Å². The highest BCUT2D eigenvalue weighted by atomic mass is 16.2. The zero-order chi connectivity index (χ0) is 13.5. The quantitative estimate of drug-likeness (QED) is 0.460. The number of primary amides is 2. The molecule has 0 aromatic rings. The summed E-state index contributed by atoms with van der Waals surface area (Å²) < 4.78 is 0. The zero-order valence-electron chi connectivity index (χ0n) is 10.2. The minimum atomic E-state index is -0.662. The predicted octanol–water partition coefficient (Wildman–Crippen LogP) is -3.31. The van der Waals surface area contributed by atoms with E-state index in [1.165, 1.54) is 0 Å². The molecule has 1 aliphatic heterocycles. The highest BCUT2D eigenvalue weighted by Gasteiger charge is 2.21. The number of hydrogen-bond donors (Lipinski definition) is 3. The Kier molecular flexibility index (Phi) is 5.53. The molecule has 0 bridgehead atoms. The van der Waals surface area contributed by atoms with Crippen LogP contribution in [0.2, 0.25) is 0 Å². The predicted molar refractivity (Wildman–Crippen MR) is 64.3 cm³/mol. The number of carbonyl (C=O) groups is 3. The van der Waals surface area contributed by atoms with E-state index < -0.39 is 11.8 Å². The van der Waals surface area contributed by atoms with Gasteiger partial charge in [0, 0.05) is 26.2 Å². The number of nitrogens with two attached hydrogens (primary N) is 2. The zero-order valence-corrected chi connectivity index (χ0v) is 10.2. The number of nitrogens with zero attached hydrogens (tertiary/aromatic N) is 2. The first-order valence-electron chi connectivity index (χ1n) is 5.76. The smallest absolute Gasteiger partial charge is 0.237 e. The van der Waals surface area contributed by atoms with Crippen molar-refractivity contribution < 1.29 is 14.4 Å². The maximum Gasteiger partial charge on any atom is 0.237 e. The molecule has 8 nitrogen and oxygen atoms in total. The van der Waals surface area contributed by atoms with Crippen molar-refractivity contribution in [2.75, 3.05) is 45.8 Å². The first kappa shape index (κ1) is 14.4. The van der Waals surface area contributed by atoms with E-state index in [2.05, 4.69) is 5.32 Å². The van der Waals surface area contributed by atoms with Crippen molar-refractivity contribution in [1.82, 2.24) is 15.1 Å². The number of rotatable bonds is 6. The molecule has 0 aromatic heterocycles. The summed E-state index contributed by atoms with van der Waals surface area (Å²) in [5.41, 5.74) is 10.1. The van der Waals surface area contributed by atoms with Crippen LogP contribution < -0.4 is 16.8 Å². The molecule has 0 aliphatic carbocycles. The van der Waals surface area contributed by atoms with Crippen molar-refractivity contribution in [1.29, 1.82) is 0 Å². The largest absolute Gasteiger partial charge is 0.368 e. The van der Waals surface area contributed by atoms with Gasteiger partial charge in [0.05, 0.1) is 19.6 Å².